The van der Waals surface area contributed by atoms with Gasteiger partial charge < -0.3 is 15.2 Å². The molecule has 7 heteroatoms. The minimum atomic E-state index is -0.485. The molecule has 0 atom stereocenters. The molecule has 3 N–H and O–H groups in total. The Kier molecular flexibility index (Phi) is 6.33. The van der Waals surface area contributed by atoms with Gasteiger partial charge in [-0.3, -0.25) is 4.79 Å². The molecule has 0 fully saturated rings. The third-order valence-electron chi connectivity index (χ3n) is 3.46. The maximum Gasteiger partial charge on any atom is 0.259 e. The predicted octanol–water partition coefficient (Wildman–Crippen LogP) is 2.88. The van der Waals surface area contributed by atoms with E-state index < -0.39 is 5.82 Å². The highest BCUT2D eigenvalue weighted by atomic mass is 19.1. The number of ether oxygens (including phenoxy) is 1. The number of rotatable bonds is 7. The first-order valence-electron chi connectivity index (χ1n) is 7.75. The minimum Gasteiger partial charge on any atom is -0.507 e. The van der Waals surface area contributed by atoms with Crippen LogP contribution in [0, 0.1) is 5.82 Å². The number of phenolic OH excluding ortho intramolecular Hbond substituents is 1. The number of halogens is 1. The molecule has 0 unspecified atom stereocenters. The van der Waals surface area contributed by atoms with Crippen LogP contribution in [-0.2, 0) is 4.79 Å². The Bertz CT molecular complexity index is 761. The van der Waals surface area contributed by atoms with Crippen LogP contribution >= 0.6 is 0 Å². The number of aromatic hydroxyl groups is 1. The van der Waals surface area contributed by atoms with Crippen LogP contribution in [0.3, 0.4) is 0 Å². The smallest absolute Gasteiger partial charge is 0.259 e. The van der Waals surface area contributed by atoms with Crippen LogP contribution in [0.1, 0.15) is 18.9 Å². The Morgan fingerprint density at radius 3 is 2.60 bits per heavy atom. The number of benzene rings is 2. The minimum absolute atomic E-state index is 0.0158. The molecule has 25 heavy (non-hydrogen) atoms. The summed E-state index contributed by atoms with van der Waals surface area (Å²) in [6.07, 6.45) is 0.420. The van der Waals surface area contributed by atoms with Crippen LogP contribution < -0.4 is 15.5 Å². The number of carbonyl (C=O) groups excluding carboxylic acids is 1. The number of hydrazone groups is 1. The SMILES string of the molecule is CC/C(=N\NC(=O)CNc1ccc(OC)cc1)c1cc(F)ccc1O. The summed E-state index contributed by atoms with van der Waals surface area (Å²) in [6.45, 7) is 1.81. The quantitative estimate of drug-likeness (QED) is 0.532. The fraction of sp³-hybridized carbons (Fsp3) is 0.222. The number of methoxy groups -OCH3 is 1. The van der Waals surface area contributed by atoms with Crippen molar-refractivity contribution in [2.75, 3.05) is 19.0 Å². The first-order chi connectivity index (χ1) is 12.0. The van der Waals surface area contributed by atoms with Gasteiger partial charge in [-0.1, -0.05) is 6.92 Å². The van der Waals surface area contributed by atoms with Crippen LogP contribution in [0.25, 0.3) is 0 Å². The number of nitrogens with one attached hydrogen (secondary N) is 2. The molecule has 0 aromatic heterocycles. The Morgan fingerprint density at radius 1 is 1.24 bits per heavy atom. The van der Waals surface area contributed by atoms with E-state index in [1.807, 2.05) is 0 Å². The Labute approximate surface area is 145 Å². The summed E-state index contributed by atoms with van der Waals surface area (Å²) in [4.78, 5) is 11.9. The average Bonchev–Trinajstić information content (AvgIpc) is 2.63. The van der Waals surface area contributed by atoms with Gasteiger partial charge in [0.1, 0.15) is 17.3 Å². The maximum atomic E-state index is 13.3. The van der Waals surface area contributed by atoms with Crippen LogP contribution in [0.2, 0.25) is 0 Å². The van der Waals surface area contributed by atoms with Gasteiger partial charge in [0.2, 0.25) is 0 Å². The molecule has 0 aliphatic heterocycles. The normalized spacial score (nSPS) is 11.1. The molecular formula is C18H20FN3O3. The number of anilines is 1. The number of phenols is 1. The van der Waals surface area contributed by atoms with Gasteiger partial charge in [-0.15, -0.1) is 0 Å². The highest BCUT2D eigenvalue weighted by Gasteiger charge is 2.10. The summed E-state index contributed by atoms with van der Waals surface area (Å²) in [5.74, 6) is -0.214. The Balaban J connectivity index is 1.96. The zero-order valence-corrected chi connectivity index (χ0v) is 14.0. The van der Waals surface area contributed by atoms with Crippen molar-refractivity contribution in [1.82, 2.24) is 5.43 Å². The van der Waals surface area contributed by atoms with E-state index in [-0.39, 0.29) is 23.8 Å². The van der Waals surface area contributed by atoms with Crippen LogP contribution in [0.5, 0.6) is 11.5 Å². The third kappa shape index (κ3) is 5.20. The first-order valence-corrected chi connectivity index (χ1v) is 7.75. The van der Waals surface area contributed by atoms with Gasteiger partial charge in [0.15, 0.2) is 0 Å². The number of amides is 1. The van der Waals surface area contributed by atoms with E-state index in [0.717, 1.165) is 17.5 Å². The molecule has 0 radical (unpaired) electrons. The van der Waals surface area contributed by atoms with Gasteiger partial charge in [-0.25, -0.2) is 9.82 Å². The molecule has 1 amide bonds. The van der Waals surface area contributed by atoms with Gasteiger partial charge in [-0.2, -0.15) is 5.10 Å². The molecule has 0 spiro atoms. The highest BCUT2D eigenvalue weighted by molar-refractivity contribution is 6.03. The van der Waals surface area contributed by atoms with E-state index in [9.17, 15) is 14.3 Å². The van der Waals surface area contributed by atoms with Gasteiger partial charge in [-0.05, 0) is 48.9 Å². The number of hydrogen-bond acceptors (Lipinski definition) is 5. The molecule has 0 saturated heterocycles. The van der Waals surface area contributed by atoms with Crippen molar-refractivity contribution in [2.45, 2.75) is 13.3 Å². The zero-order valence-electron chi connectivity index (χ0n) is 14.0. The molecular weight excluding hydrogens is 325 g/mol. The average molecular weight is 345 g/mol. The second-order valence-electron chi connectivity index (χ2n) is 5.19. The topological polar surface area (TPSA) is 83.0 Å². The molecule has 0 bridgehead atoms. The lowest BCUT2D eigenvalue weighted by Crippen LogP contribution is -2.27. The number of carbonyl (C=O) groups is 1. The molecule has 0 heterocycles. The van der Waals surface area contributed by atoms with E-state index in [4.69, 9.17) is 4.74 Å². The molecule has 0 saturated carbocycles. The molecule has 2 rings (SSSR count). The fourth-order valence-electron chi connectivity index (χ4n) is 2.13. The summed E-state index contributed by atoms with van der Waals surface area (Å²) in [5.41, 5.74) is 3.80. The Hall–Kier alpha value is -3.09. The second kappa shape index (κ2) is 8.68. The van der Waals surface area contributed by atoms with E-state index in [2.05, 4.69) is 15.8 Å². The van der Waals surface area contributed by atoms with Crippen molar-refractivity contribution in [3.63, 3.8) is 0 Å². The summed E-state index contributed by atoms with van der Waals surface area (Å²) in [6, 6.07) is 10.7. The number of hydrogen-bond donors (Lipinski definition) is 3. The summed E-state index contributed by atoms with van der Waals surface area (Å²) >= 11 is 0. The van der Waals surface area contributed by atoms with Crippen molar-refractivity contribution in [1.29, 1.82) is 0 Å². The lowest BCUT2D eigenvalue weighted by atomic mass is 10.1. The standard InChI is InChI=1S/C18H20FN3O3/c1-3-16(15-10-12(19)4-9-17(15)23)21-22-18(24)11-20-13-5-7-14(25-2)8-6-13/h4-10,20,23H,3,11H2,1-2H3,(H,22,24)/b21-16+. The van der Waals surface area contributed by atoms with Crippen LogP contribution in [-0.4, -0.2) is 30.4 Å². The van der Waals surface area contributed by atoms with E-state index >= 15 is 0 Å². The largest absolute Gasteiger partial charge is 0.507 e. The predicted molar refractivity (Wildman–Crippen MR) is 94.5 cm³/mol. The summed E-state index contributed by atoms with van der Waals surface area (Å²) < 4.78 is 18.4. The van der Waals surface area contributed by atoms with Crippen molar-refractivity contribution >= 4 is 17.3 Å². The summed E-state index contributed by atoms with van der Waals surface area (Å²) in [7, 11) is 1.58. The van der Waals surface area contributed by atoms with Gasteiger partial charge in [0.25, 0.3) is 5.91 Å². The van der Waals surface area contributed by atoms with Crippen molar-refractivity contribution in [3.05, 3.63) is 53.8 Å². The third-order valence-corrected chi connectivity index (χ3v) is 3.46. The first kappa shape index (κ1) is 18.3. The van der Waals surface area contributed by atoms with E-state index in [0.29, 0.717) is 12.1 Å². The van der Waals surface area contributed by atoms with Gasteiger partial charge in [0.05, 0.1) is 19.4 Å². The molecule has 6 nitrogen and oxygen atoms in total. The van der Waals surface area contributed by atoms with Crippen molar-refractivity contribution < 1.29 is 19.0 Å². The van der Waals surface area contributed by atoms with E-state index in [1.54, 1.807) is 38.3 Å². The molecule has 2 aromatic rings. The van der Waals surface area contributed by atoms with Crippen LogP contribution in [0.4, 0.5) is 10.1 Å². The monoisotopic (exact) mass is 345 g/mol. The zero-order chi connectivity index (χ0) is 18.2. The van der Waals surface area contributed by atoms with Crippen LogP contribution in [0.15, 0.2) is 47.6 Å². The highest BCUT2D eigenvalue weighted by Crippen LogP contribution is 2.20. The molecule has 2 aromatic carbocycles. The van der Waals surface area contributed by atoms with Gasteiger partial charge in [0, 0.05) is 11.3 Å². The molecule has 132 valence electrons. The number of nitrogens with zero attached hydrogens (tertiary/aromatic N) is 1. The second-order valence-corrected chi connectivity index (χ2v) is 5.19. The lowest BCUT2D eigenvalue weighted by molar-refractivity contribution is -0.119. The molecule has 0 aliphatic carbocycles. The summed E-state index contributed by atoms with van der Waals surface area (Å²) in [5, 5.41) is 16.7. The Morgan fingerprint density at radius 2 is 1.96 bits per heavy atom. The van der Waals surface area contributed by atoms with Crippen molar-refractivity contribution in [2.24, 2.45) is 5.10 Å². The van der Waals surface area contributed by atoms with Crippen molar-refractivity contribution in [3.8, 4) is 11.5 Å². The fourth-order valence-corrected chi connectivity index (χ4v) is 2.13. The lowest BCUT2D eigenvalue weighted by Gasteiger charge is -2.09. The maximum absolute atomic E-state index is 13.3. The molecule has 0 aliphatic rings. The van der Waals surface area contributed by atoms with Gasteiger partial charge >= 0.3 is 0 Å². The van der Waals surface area contributed by atoms with E-state index in [1.165, 1.54) is 12.1 Å².